The molecule has 0 spiro atoms. The number of nitrogens with two attached hydrogens (primary N) is 1. The third-order valence-electron chi connectivity index (χ3n) is 2.46. The van der Waals surface area contributed by atoms with Crippen molar-refractivity contribution in [1.29, 1.82) is 0 Å². The van der Waals surface area contributed by atoms with Crippen LogP contribution in [0.25, 0.3) is 0 Å². The number of carbonyl (C=O) groups is 1. The second-order valence-electron chi connectivity index (χ2n) is 4.61. The minimum absolute atomic E-state index is 0.0517. The number of hydrogen-bond acceptors (Lipinski definition) is 7. The number of nitrogens with zero attached hydrogens (tertiary/aromatic N) is 2. The first-order valence-electron chi connectivity index (χ1n) is 6.18. The fraction of sp³-hybridized carbons (Fsp3) is 0.417. The van der Waals surface area contributed by atoms with E-state index in [9.17, 15) is 4.79 Å². The largest absolute Gasteiger partial charge is 0.382 e. The van der Waals surface area contributed by atoms with Gasteiger partial charge in [0.05, 0.1) is 17.2 Å². The molecule has 2 aromatic heterocycles. The zero-order valence-electron chi connectivity index (χ0n) is 11.6. The summed E-state index contributed by atoms with van der Waals surface area (Å²) in [5.41, 5.74) is 7.13. The number of anilines is 2. The summed E-state index contributed by atoms with van der Waals surface area (Å²) in [4.78, 5) is 16.5. The summed E-state index contributed by atoms with van der Waals surface area (Å²) in [5, 5.41) is 9.68. The second-order valence-corrected chi connectivity index (χ2v) is 6.45. The lowest BCUT2D eigenvalue weighted by atomic mass is 10.2. The van der Waals surface area contributed by atoms with E-state index < -0.39 is 0 Å². The maximum atomic E-state index is 12.1. The SMILES string of the molecule is Cc1nc(CNc2snc(N)c2C(=O)NC(C)C)cs1. The molecule has 0 unspecified atom stereocenters. The van der Waals surface area contributed by atoms with Gasteiger partial charge in [0.25, 0.3) is 5.91 Å². The summed E-state index contributed by atoms with van der Waals surface area (Å²) in [7, 11) is 0. The number of thiazole rings is 1. The summed E-state index contributed by atoms with van der Waals surface area (Å²) in [6.45, 7) is 6.31. The van der Waals surface area contributed by atoms with Gasteiger partial charge in [-0.3, -0.25) is 4.79 Å². The van der Waals surface area contributed by atoms with Gasteiger partial charge in [0.1, 0.15) is 10.6 Å². The molecule has 0 saturated heterocycles. The Balaban J connectivity index is 2.10. The highest BCUT2D eigenvalue weighted by atomic mass is 32.1. The van der Waals surface area contributed by atoms with Gasteiger partial charge >= 0.3 is 0 Å². The van der Waals surface area contributed by atoms with Crippen molar-refractivity contribution < 1.29 is 4.79 Å². The first-order chi connectivity index (χ1) is 9.47. The van der Waals surface area contributed by atoms with Crippen LogP contribution in [-0.2, 0) is 6.54 Å². The number of nitrogen functional groups attached to an aromatic ring is 1. The molecule has 4 N–H and O–H groups in total. The van der Waals surface area contributed by atoms with E-state index in [1.54, 1.807) is 11.3 Å². The molecular formula is C12H17N5OS2. The van der Waals surface area contributed by atoms with E-state index >= 15 is 0 Å². The summed E-state index contributed by atoms with van der Waals surface area (Å²) in [6, 6.07) is 0.0517. The number of rotatable bonds is 5. The van der Waals surface area contributed by atoms with E-state index in [-0.39, 0.29) is 17.8 Å². The highest BCUT2D eigenvalue weighted by Crippen LogP contribution is 2.27. The number of hydrogen-bond donors (Lipinski definition) is 3. The molecule has 0 atom stereocenters. The molecule has 0 radical (unpaired) electrons. The minimum atomic E-state index is -0.205. The van der Waals surface area contributed by atoms with E-state index in [0.717, 1.165) is 10.7 Å². The predicted octanol–water partition coefficient (Wildman–Crippen LogP) is 2.24. The molecule has 2 rings (SSSR count). The van der Waals surface area contributed by atoms with Gasteiger partial charge in [-0.25, -0.2) is 4.98 Å². The first-order valence-corrected chi connectivity index (χ1v) is 7.83. The molecule has 2 heterocycles. The van der Waals surface area contributed by atoms with Gasteiger partial charge < -0.3 is 16.4 Å². The van der Waals surface area contributed by atoms with Crippen molar-refractivity contribution in [2.45, 2.75) is 33.4 Å². The lowest BCUT2D eigenvalue weighted by molar-refractivity contribution is 0.0945. The van der Waals surface area contributed by atoms with E-state index in [1.807, 2.05) is 26.2 Å². The normalized spacial score (nSPS) is 10.8. The predicted molar refractivity (Wildman–Crippen MR) is 83.3 cm³/mol. The fourth-order valence-corrected chi connectivity index (χ4v) is 2.96. The smallest absolute Gasteiger partial charge is 0.258 e. The number of amides is 1. The van der Waals surface area contributed by atoms with Crippen LogP contribution in [0.5, 0.6) is 0 Å². The quantitative estimate of drug-likeness (QED) is 0.787. The second kappa shape index (κ2) is 6.19. The van der Waals surface area contributed by atoms with E-state index in [4.69, 9.17) is 5.73 Å². The van der Waals surface area contributed by atoms with E-state index in [0.29, 0.717) is 17.1 Å². The van der Waals surface area contributed by atoms with Crippen molar-refractivity contribution in [2.24, 2.45) is 0 Å². The van der Waals surface area contributed by atoms with Crippen LogP contribution in [0.1, 0.15) is 34.9 Å². The van der Waals surface area contributed by atoms with Gasteiger partial charge in [-0.05, 0) is 32.3 Å². The Morgan fingerprint density at radius 3 is 2.85 bits per heavy atom. The molecule has 0 fully saturated rings. The lowest BCUT2D eigenvalue weighted by Crippen LogP contribution is -2.30. The van der Waals surface area contributed by atoms with Crippen LogP contribution in [0.15, 0.2) is 5.38 Å². The molecule has 0 aliphatic rings. The van der Waals surface area contributed by atoms with Crippen molar-refractivity contribution in [3.63, 3.8) is 0 Å². The molecule has 0 aromatic carbocycles. The van der Waals surface area contributed by atoms with Crippen LogP contribution >= 0.6 is 22.9 Å². The molecular weight excluding hydrogens is 294 g/mol. The Hall–Kier alpha value is -1.67. The standard InChI is InChI=1S/C12H17N5OS2/c1-6(2)15-11(18)9-10(13)17-20-12(9)14-4-8-5-19-7(3)16-8/h5-6,14H,4H2,1-3H3,(H2,13,17)(H,15,18). The van der Waals surface area contributed by atoms with Crippen molar-refractivity contribution in [3.05, 3.63) is 21.6 Å². The van der Waals surface area contributed by atoms with Crippen molar-refractivity contribution >= 4 is 39.6 Å². The van der Waals surface area contributed by atoms with E-state index in [1.165, 1.54) is 11.5 Å². The van der Waals surface area contributed by atoms with Crippen molar-refractivity contribution in [2.75, 3.05) is 11.1 Å². The van der Waals surface area contributed by atoms with Crippen molar-refractivity contribution in [3.8, 4) is 0 Å². The Morgan fingerprint density at radius 2 is 2.25 bits per heavy atom. The Labute approximate surface area is 125 Å². The molecule has 0 saturated carbocycles. The molecule has 108 valence electrons. The van der Waals surface area contributed by atoms with Crippen LogP contribution < -0.4 is 16.4 Å². The molecule has 1 amide bonds. The lowest BCUT2D eigenvalue weighted by Gasteiger charge is -2.09. The highest BCUT2D eigenvalue weighted by Gasteiger charge is 2.19. The monoisotopic (exact) mass is 311 g/mol. The summed E-state index contributed by atoms with van der Waals surface area (Å²) in [5.74, 6) is 0.0494. The van der Waals surface area contributed by atoms with Gasteiger partial charge in [-0.2, -0.15) is 4.37 Å². The maximum Gasteiger partial charge on any atom is 0.258 e. The number of aryl methyl sites for hydroxylation is 1. The average molecular weight is 311 g/mol. The zero-order chi connectivity index (χ0) is 14.7. The van der Waals surface area contributed by atoms with Crippen molar-refractivity contribution in [1.82, 2.24) is 14.7 Å². The Morgan fingerprint density at radius 1 is 1.50 bits per heavy atom. The molecule has 6 nitrogen and oxygen atoms in total. The molecule has 2 aromatic rings. The van der Waals surface area contributed by atoms with Crippen LogP contribution in [0, 0.1) is 6.92 Å². The Bertz CT molecular complexity index is 605. The zero-order valence-corrected chi connectivity index (χ0v) is 13.2. The summed E-state index contributed by atoms with van der Waals surface area (Å²) >= 11 is 2.78. The average Bonchev–Trinajstić information content (AvgIpc) is 2.92. The van der Waals surface area contributed by atoms with Crippen LogP contribution in [0.2, 0.25) is 0 Å². The van der Waals surface area contributed by atoms with Crippen LogP contribution in [-0.4, -0.2) is 21.3 Å². The summed E-state index contributed by atoms with van der Waals surface area (Å²) < 4.78 is 4.04. The first kappa shape index (κ1) is 14.7. The topological polar surface area (TPSA) is 92.9 Å². The van der Waals surface area contributed by atoms with Crippen LogP contribution in [0.3, 0.4) is 0 Å². The fourth-order valence-electron chi connectivity index (χ4n) is 1.64. The van der Waals surface area contributed by atoms with E-state index in [2.05, 4.69) is 20.0 Å². The number of nitrogens with one attached hydrogen (secondary N) is 2. The van der Waals surface area contributed by atoms with Gasteiger partial charge in [-0.1, -0.05) is 0 Å². The van der Waals surface area contributed by atoms with Crippen LogP contribution in [0.4, 0.5) is 10.8 Å². The van der Waals surface area contributed by atoms with Gasteiger partial charge in [0.2, 0.25) is 0 Å². The minimum Gasteiger partial charge on any atom is -0.382 e. The summed E-state index contributed by atoms with van der Waals surface area (Å²) in [6.07, 6.45) is 0. The number of aromatic nitrogens is 2. The maximum absolute atomic E-state index is 12.1. The number of carbonyl (C=O) groups excluding carboxylic acids is 1. The Kier molecular flexibility index (Phi) is 4.56. The highest BCUT2D eigenvalue weighted by molar-refractivity contribution is 7.11. The molecule has 0 aliphatic carbocycles. The molecule has 0 aliphatic heterocycles. The third kappa shape index (κ3) is 3.45. The third-order valence-corrected chi connectivity index (χ3v) is 4.10. The molecule has 20 heavy (non-hydrogen) atoms. The molecule has 0 bridgehead atoms. The van der Waals surface area contributed by atoms with Gasteiger partial charge in [-0.15, -0.1) is 11.3 Å². The van der Waals surface area contributed by atoms with Gasteiger partial charge in [0.15, 0.2) is 5.82 Å². The van der Waals surface area contributed by atoms with Gasteiger partial charge in [0, 0.05) is 11.4 Å². The molecule has 8 heteroatoms.